The normalized spacial score (nSPS) is 27.3. The molecule has 3 heterocycles. The highest BCUT2D eigenvalue weighted by atomic mass is 32.1. The Bertz CT molecular complexity index is 663. The van der Waals surface area contributed by atoms with Crippen molar-refractivity contribution >= 4 is 11.3 Å². The third-order valence-electron chi connectivity index (χ3n) is 5.01. The van der Waals surface area contributed by atoms with Gasteiger partial charge in [0.1, 0.15) is 0 Å². The van der Waals surface area contributed by atoms with Crippen LogP contribution in [0, 0.1) is 6.92 Å². The van der Waals surface area contributed by atoms with E-state index in [2.05, 4.69) is 21.8 Å². The van der Waals surface area contributed by atoms with Gasteiger partial charge >= 0.3 is 0 Å². The molecule has 0 unspecified atom stereocenters. The predicted molar refractivity (Wildman–Crippen MR) is 92.8 cm³/mol. The first-order chi connectivity index (χ1) is 11.8. The lowest BCUT2D eigenvalue weighted by Crippen LogP contribution is -2.51. The minimum atomic E-state index is 0.169. The molecule has 0 amide bonds. The number of hydrogen-bond acceptors (Lipinski definition) is 6. The Labute approximate surface area is 146 Å². The fourth-order valence-corrected chi connectivity index (χ4v) is 4.51. The second kappa shape index (κ2) is 7.27. The highest BCUT2D eigenvalue weighted by Crippen LogP contribution is 2.34. The number of thiazole rings is 1. The van der Waals surface area contributed by atoms with Gasteiger partial charge in [0, 0.05) is 30.2 Å². The van der Waals surface area contributed by atoms with Crippen molar-refractivity contribution in [3.63, 3.8) is 0 Å². The van der Waals surface area contributed by atoms with Crippen molar-refractivity contribution in [3.05, 3.63) is 46.2 Å². The molecule has 3 atom stereocenters. The van der Waals surface area contributed by atoms with Crippen LogP contribution >= 0.6 is 11.3 Å². The number of morpholine rings is 1. The van der Waals surface area contributed by atoms with Crippen molar-refractivity contribution in [2.45, 2.75) is 51.2 Å². The van der Waals surface area contributed by atoms with Crippen molar-refractivity contribution < 1.29 is 9.47 Å². The second-order valence-electron chi connectivity index (χ2n) is 6.48. The van der Waals surface area contributed by atoms with E-state index in [9.17, 15) is 0 Å². The highest BCUT2D eigenvalue weighted by Gasteiger charge is 2.43. The molecule has 2 aromatic heterocycles. The maximum atomic E-state index is 6.14. The molecule has 0 radical (unpaired) electrons. The first-order valence-corrected chi connectivity index (χ1v) is 9.45. The lowest BCUT2D eigenvalue weighted by molar-refractivity contribution is -0.118. The van der Waals surface area contributed by atoms with Gasteiger partial charge in [-0.2, -0.15) is 0 Å². The van der Waals surface area contributed by atoms with Gasteiger partial charge in [0.25, 0.3) is 0 Å². The van der Waals surface area contributed by atoms with E-state index in [4.69, 9.17) is 9.47 Å². The molecule has 1 aliphatic carbocycles. The summed E-state index contributed by atoms with van der Waals surface area (Å²) in [6.45, 7) is 5.41. The Morgan fingerprint density at radius 3 is 3.08 bits per heavy atom. The van der Waals surface area contributed by atoms with Crippen LogP contribution in [0.4, 0.5) is 0 Å². The molecule has 0 N–H and O–H groups in total. The van der Waals surface area contributed by atoms with Crippen molar-refractivity contribution in [3.8, 4) is 0 Å². The molecule has 2 fully saturated rings. The van der Waals surface area contributed by atoms with Crippen molar-refractivity contribution in [1.82, 2.24) is 14.9 Å². The van der Waals surface area contributed by atoms with E-state index < -0.39 is 0 Å². The quantitative estimate of drug-likeness (QED) is 0.834. The number of pyridine rings is 1. The molecular formula is C18H23N3O2S. The Morgan fingerprint density at radius 2 is 2.29 bits per heavy atom. The lowest BCUT2D eigenvalue weighted by atomic mass is 10.1. The number of rotatable bonds is 5. The first-order valence-electron chi connectivity index (χ1n) is 8.57. The summed E-state index contributed by atoms with van der Waals surface area (Å²) in [5.74, 6) is 0. The molecule has 0 spiro atoms. The molecule has 1 saturated carbocycles. The summed E-state index contributed by atoms with van der Waals surface area (Å²) in [6, 6.07) is 6.39. The van der Waals surface area contributed by atoms with E-state index in [0.29, 0.717) is 12.6 Å². The topological polar surface area (TPSA) is 47.5 Å². The highest BCUT2D eigenvalue weighted by molar-refractivity contribution is 7.09. The summed E-state index contributed by atoms with van der Waals surface area (Å²) >= 11 is 1.75. The van der Waals surface area contributed by atoms with Crippen molar-refractivity contribution in [1.29, 1.82) is 0 Å². The summed E-state index contributed by atoms with van der Waals surface area (Å²) < 4.78 is 12.2. The van der Waals surface area contributed by atoms with E-state index in [1.807, 2.05) is 29.9 Å². The summed E-state index contributed by atoms with van der Waals surface area (Å²) in [4.78, 5) is 12.6. The fourth-order valence-electron chi connectivity index (χ4n) is 3.70. The summed E-state index contributed by atoms with van der Waals surface area (Å²) in [7, 11) is 0. The number of nitrogens with zero attached hydrogens (tertiary/aromatic N) is 3. The zero-order chi connectivity index (χ0) is 16.4. The van der Waals surface area contributed by atoms with Crippen LogP contribution < -0.4 is 0 Å². The van der Waals surface area contributed by atoms with Crippen molar-refractivity contribution in [2.24, 2.45) is 0 Å². The van der Waals surface area contributed by atoms with Gasteiger partial charge in [0.2, 0.25) is 0 Å². The molecule has 2 aromatic rings. The Balaban J connectivity index is 1.38. The van der Waals surface area contributed by atoms with E-state index in [0.717, 1.165) is 43.9 Å². The van der Waals surface area contributed by atoms with Crippen LogP contribution in [0.25, 0.3) is 0 Å². The fraction of sp³-hybridized carbons (Fsp3) is 0.556. The molecule has 6 heteroatoms. The molecule has 0 aromatic carbocycles. The van der Waals surface area contributed by atoms with Crippen LogP contribution in [-0.2, 0) is 22.6 Å². The summed E-state index contributed by atoms with van der Waals surface area (Å²) in [6.07, 6.45) is 4.35. The number of hydrogen-bond donors (Lipinski definition) is 0. The molecule has 128 valence electrons. The minimum Gasteiger partial charge on any atom is -0.373 e. The average Bonchev–Trinajstić information content (AvgIpc) is 3.21. The number of aromatic nitrogens is 2. The zero-order valence-corrected chi connectivity index (χ0v) is 14.7. The van der Waals surface area contributed by atoms with Gasteiger partial charge in [-0.25, -0.2) is 4.98 Å². The van der Waals surface area contributed by atoms with Crippen molar-refractivity contribution in [2.75, 3.05) is 13.2 Å². The Hall–Kier alpha value is -1.34. The third-order valence-corrected chi connectivity index (χ3v) is 5.93. The lowest BCUT2D eigenvalue weighted by Gasteiger charge is -2.38. The van der Waals surface area contributed by atoms with Gasteiger partial charge in [-0.05, 0) is 31.9 Å². The van der Waals surface area contributed by atoms with E-state index in [-0.39, 0.29) is 12.2 Å². The smallest absolute Gasteiger partial charge is 0.0992 e. The molecule has 4 rings (SSSR count). The molecule has 1 saturated heterocycles. The summed E-state index contributed by atoms with van der Waals surface area (Å²) in [5.41, 5.74) is 4.08. The molecule has 24 heavy (non-hydrogen) atoms. The largest absolute Gasteiger partial charge is 0.373 e. The van der Waals surface area contributed by atoms with E-state index in [1.54, 1.807) is 11.3 Å². The van der Waals surface area contributed by atoms with Crippen LogP contribution in [0.5, 0.6) is 0 Å². The minimum absolute atomic E-state index is 0.169. The van der Waals surface area contributed by atoms with E-state index >= 15 is 0 Å². The number of fused-ring (bicyclic) bond motifs is 1. The van der Waals surface area contributed by atoms with Crippen LogP contribution in [0.3, 0.4) is 0 Å². The molecule has 0 bridgehead atoms. The second-order valence-corrected chi connectivity index (χ2v) is 7.42. The van der Waals surface area contributed by atoms with Gasteiger partial charge in [0.15, 0.2) is 0 Å². The standard InChI is InChI=1S/C18H23N3O2S/c1-13-17(24-12-20-13)10-21-8-9-22-18-15(21)5-6-16(18)23-11-14-4-2-3-7-19-14/h2-4,7,12,15-16,18H,5-6,8-11H2,1H3/t15-,16-,18+/m0/s1. The predicted octanol–water partition coefficient (Wildman–Crippen LogP) is 2.80. The van der Waals surface area contributed by atoms with Crippen LogP contribution in [0.1, 0.15) is 29.1 Å². The first kappa shape index (κ1) is 16.1. The number of ether oxygens (including phenoxy) is 2. The third kappa shape index (κ3) is 3.37. The van der Waals surface area contributed by atoms with Crippen LogP contribution in [-0.4, -0.2) is 46.3 Å². The average molecular weight is 345 g/mol. The van der Waals surface area contributed by atoms with Gasteiger partial charge in [-0.15, -0.1) is 11.3 Å². The van der Waals surface area contributed by atoms with Crippen LogP contribution in [0.2, 0.25) is 0 Å². The summed E-state index contributed by atoms with van der Waals surface area (Å²) in [5, 5.41) is 0. The maximum absolute atomic E-state index is 6.14. The molecule has 1 aliphatic heterocycles. The monoisotopic (exact) mass is 345 g/mol. The maximum Gasteiger partial charge on any atom is 0.0992 e. The molecule has 2 aliphatic rings. The van der Waals surface area contributed by atoms with Gasteiger partial charge in [-0.1, -0.05) is 6.07 Å². The van der Waals surface area contributed by atoms with Gasteiger partial charge < -0.3 is 9.47 Å². The SMILES string of the molecule is Cc1ncsc1CN1CCO[C@H]2[C@@H](OCc3ccccn3)CC[C@@H]21. The van der Waals surface area contributed by atoms with E-state index in [1.165, 1.54) is 4.88 Å². The molecular weight excluding hydrogens is 322 g/mol. The number of aryl methyl sites for hydroxylation is 1. The zero-order valence-electron chi connectivity index (χ0n) is 13.9. The van der Waals surface area contributed by atoms with Gasteiger partial charge in [0.05, 0.1) is 42.3 Å². The Morgan fingerprint density at radius 1 is 1.33 bits per heavy atom. The van der Waals surface area contributed by atoms with Gasteiger partial charge in [-0.3, -0.25) is 9.88 Å². The van der Waals surface area contributed by atoms with Crippen LogP contribution in [0.15, 0.2) is 29.9 Å². The molecule has 5 nitrogen and oxygen atoms in total. The Kier molecular flexibility index (Phi) is 4.89.